The number of hydrogen-bond acceptors (Lipinski definition) is 6. The molecule has 0 aromatic carbocycles. The van der Waals surface area contributed by atoms with E-state index < -0.39 is 18.0 Å². The van der Waals surface area contributed by atoms with Crippen LogP contribution in [0.5, 0.6) is 0 Å². The Bertz CT molecular complexity index is 1300. The molecule has 0 aromatic heterocycles. The summed E-state index contributed by atoms with van der Waals surface area (Å²) < 4.78 is 16.4. The second-order valence-corrected chi connectivity index (χ2v) is 13.1. The van der Waals surface area contributed by atoms with E-state index in [1.54, 1.807) is 6.08 Å². The van der Waals surface area contributed by atoms with Crippen molar-refractivity contribution in [3.05, 3.63) is 134 Å². The molecule has 0 aliphatic rings. The summed E-state index contributed by atoms with van der Waals surface area (Å²) in [5.41, 5.74) is 0. The van der Waals surface area contributed by atoms with E-state index in [0.717, 1.165) is 89.9 Å². The molecule has 310 valence electrons. The zero-order valence-electron chi connectivity index (χ0n) is 35.1. The molecule has 0 heterocycles. The molecule has 0 aliphatic heterocycles. The molecule has 0 amide bonds. The highest BCUT2D eigenvalue weighted by molar-refractivity contribution is 5.72. The second-order valence-electron chi connectivity index (χ2n) is 13.1. The number of esters is 3. The van der Waals surface area contributed by atoms with Crippen molar-refractivity contribution in [2.45, 2.75) is 149 Å². The number of carbonyl (C=O) groups is 3. The highest BCUT2D eigenvalue weighted by Gasteiger charge is 2.19. The van der Waals surface area contributed by atoms with E-state index in [4.69, 9.17) is 14.2 Å². The molecule has 0 saturated carbocycles. The maximum absolute atomic E-state index is 12.6. The van der Waals surface area contributed by atoms with E-state index in [-0.39, 0.29) is 38.4 Å². The predicted octanol–water partition coefficient (Wildman–Crippen LogP) is 13.6. The third kappa shape index (κ3) is 40.7. The van der Waals surface area contributed by atoms with Gasteiger partial charge in [-0.25, -0.2) is 0 Å². The lowest BCUT2D eigenvalue weighted by Crippen LogP contribution is -2.30. The summed E-state index contributed by atoms with van der Waals surface area (Å²) in [6.07, 6.45) is 60.5. The van der Waals surface area contributed by atoms with Crippen LogP contribution in [0.1, 0.15) is 143 Å². The van der Waals surface area contributed by atoms with Crippen molar-refractivity contribution in [2.24, 2.45) is 0 Å². The van der Waals surface area contributed by atoms with Crippen LogP contribution in [0.15, 0.2) is 134 Å². The summed E-state index contributed by atoms with van der Waals surface area (Å²) in [5, 5.41) is 0. The van der Waals surface area contributed by atoms with Gasteiger partial charge in [0.15, 0.2) is 6.10 Å². The minimum Gasteiger partial charge on any atom is -0.462 e. The summed E-state index contributed by atoms with van der Waals surface area (Å²) in [4.78, 5) is 37.5. The standard InChI is InChI=1S/C50H74O6/c1-4-7-10-13-16-19-21-23-24-25-26-27-29-31-34-37-40-43-49(52)55-46-47(45-54-48(51)42-39-36-33-30-18-15-12-9-6-3)56-50(53)44-41-38-35-32-28-22-20-17-14-11-8-5-2/h7-12,16-20,23-24,26-28,30-32,34,36,39,47H,4-6,13-15,21-22,25,29,33,35,37-38,40-46H2,1-3H3/b10-7-,11-8-,12-9-,19-16-,20-17-,24-23-,27-26-,30-18-,32-28-,34-31-,39-36-. The Labute approximate surface area is 341 Å². The van der Waals surface area contributed by atoms with Gasteiger partial charge in [0.1, 0.15) is 13.2 Å². The van der Waals surface area contributed by atoms with Crippen LogP contribution >= 0.6 is 0 Å². The first-order chi connectivity index (χ1) is 27.5. The van der Waals surface area contributed by atoms with Crippen LogP contribution in [0.2, 0.25) is 0 Å². The lowest BCUT2D eigenvalue weighted by Gasteiger charge is -2.18. The van der Waals surface area contributed by atoms with Gasteiger partial charge in [0.2, 0.25) is 0 Å². The molecule has 0 N–H and O–H groups in total. The maximum atomic E-state index is 12.6. The van der Waals surface area contributed by atoms with Crippen LogP contribution in [-0.2, 0) is 28.6 Å². The Morgan fingerprint density at radius 2 is 0.714 bits per heavy atom. The van der Waals surface area contributed by atoms with Crippen LogP contribution < -0.4 is 0 Å². The third-order valence-corrected chi connectivity index (χ3v) is 7.91. The lowest BCUT2D eigenvalue weighted by atomic mass is 10.2. The van der Waals surface area contributed by atoms with Crippen molar-refractivity contribution in [2.75, 3.05) is 13.2 Å². The Morgan fingerprint density at radius 3 is 1.14 bits per heavy atom. The van der Waals surface area contributed by atoms with Crippen LogP contribution in [0.3, 0.4) is 0 Å². The number of allylic oxidation sites excluding steroid dienone is 21. The molecule has 0 spiro atoms. The SMILES string of the molecule is CC/C=C\C/C=C\C/C=C\C/C=C\C/C=C\CCCC(=O)OCC(COC(=O)C/C=C\C/C=C\C/C=C\CC)OC(=O)CCCC/C=C\C/C=C\C/C=C\CC. The monoisotopic (exact) mass is 771 g/mol. The molecular formula is C50H74O6. The molecule has 6 heteroatoms. The molecule has 0 rings (SSSR count). The predicted molar refractivity (Wildman–Crippen MR) is 237 cm³/mol. The van der Waals surface area contributed by atoms with Crippen molar-refractivity contribution in [3.63, 3.8) is 0 Å². The summed E-state index contributed by atoms with van der Waals surface area (Å²) >= 11 is 0. The Morgan fingerprint density at radius 1 is 0.375 bits per heavy atom. The quantitative estimate of drug-likeness (QED) is 0.0276. The fourth-order valence-corrected chi connectivity index (χ4v) is 4.84. The molecule has 0 saturated heterocycles. The van der Waals surface area contributed by atoms with Gasteiger partial charge < -0.3 is 14.2 Å². The molecule has 0 aromatic rings. The van der Waals surface area contributed by atoms with Crippen LogP contribution in [0, 0.1) is 0 Å². The second kappa shape index (κ2) is 43.3. The van der Waals surface area contributed by atoms with Crippen LogP contribution in [0.4, 0.5) is 0 Å². The molecule has 1 atom stereocenters. The molecule has 0 bridgehead atoms. The van der Waals surface area contributed by atoms with Gasteiger partial charge in [-0.2, -0.15) is 0 Å². The number of carbonyl (C=O) groups excluding carboxylic acids is 3. The fourth-order valence-electron chi connectivity index (χ4n) is 4.84. The topological polar surface area (TPSA) is 78.9 Å². The van der Waals surface area contributed by atoms with Crippen molar-refractivity contribution in [1.82, 2.24) is 0 Å². The van der Waals surface area contributed by atoms with Gasteiger partial charge >= 0.3 is 17.9 Å². The highest BCUT2D eigenvalue weighted by atomic mass is 16.6. The third-order valence-electron chi connectivity index (χ3n) is 7.91. The van der Waals surface area contributed by atoms with Crippen molar-refractivity contribution in [3.8, 4) is 0 Å². The first kappa shape index (κ1) is 51.5. The zero-order valence-corrected chi connectivity index (χ0v) is 35.1. The zero-order chi connectivity index (χ0) is 40.8. The molecule has 0 fully saturated rings. The van der Waals surface area contributed by atoms with E-state index in [2.05, 4.69) is 142 Å². The number of hydrogen-bond donors (Lipinski definition) is 0. The van der Waals surface area contributed by atoms with Gasteiger partial charge in [0, 0.05) is 12.8 Å². The number of unbranched alkanes of at least 4 members (excludes halogenated alkanes) is 3. The molecular weight excluding hydrogens is 697 g/mol. The average Bonchev–Trinajstić information content (AvgIpc) is 3.19. The maximum Gasteiger partial charge on any atom is 0.309 e. The average molecular weight is 771 g/mol. The summed E-state index contributed by atoms with van der Waals surface area (Å²) in [7, 11) is 0. The van der Waals surface area contributed by atoms with E-state index in [1.807, 2.05) is 6.08 Å². The Balaban J connectivity index is 4.61. The van der Waals surface area contributed by atoms with Crippen molar-refractivity contribution in [1.29, 1.82) is 0 Å². The van der Waals surface area contributed by atoms with E-state index in [0.29, 0.717) is 12.8 Å². The molecule has 6 nitrogen and oxygen atoms in total. The van der Waals surface area contributed by atoms with E-state index in [9.17, 15) is 14.4 Å². The molecule has 56 heavy (non-hydrogen) atoms. The van der Waals surface area contributed by atoms with Gasteiger partial charge in [0.05, 0.1) is 6.42 Å². The smallest absolute Gasteiger partial charge is 0.309 e. The molecule has 0 aliphatic carbocycles. The Hall–Kier alpha value is -4.45. The molecule has 0 radical (unpaired) electrons. The summed E-state index contributed by atoms with van der Waals surface area (Å²) in [6, 6.07) is 0. The summed E-state index contributed by atoms with van der Waals surface area (Å²) in [6.45, 7) is 6.05. The van der Waals surface area contributed by atoms with Gasteiger partial charge in [0.25, 0.3) is 0 Å². The highest BCUT2D eigenvalue weighted by Crippen LogP contribution is 2.08. The number of ether oxygens (including phenoxy) is 3. The lowest BCUT2D eigenvalue weighted by molar-refractivity contribution is -0.166. The largest absolute Gasteiger partial charge is 0.462 e. The van der Waals surface area contributed by atoms with E-state index >= 15 is 0 Å². The van der Waals surface area contributed by atoms with Gasteiger partial charge in [-0.15, -0.1) is 0 Å². The van der Waals surface area contributed by atoms with Crippen molar-refractivity contribution < 1.29 is 28.6 Å². The van der Waals surface area contributed by atoms with Crippen LogP contribution in [-0.4, -0.2) is 37.2 Å². The van der Waals surface area contributed by atoms with Gasteiger partial charge in [-0.05, 0) is 103 Å². The fraction of sp³-hybridized carbons (Fsp3) is 0.500. The normalized spacial score (nSPS) is 13.4. The number of rotatable bonds is 35. The minimum absolute atomic E-state index is 0.110. The first-order valence-electron chi connectivity index (χ1n) is 21.2. The van der Waals surface area contributed by atoms with Crippen molar-refractivity contribution >= 4 is 17.9 Å². The van der Waals surface area contributed by atoms with Crippen LogP contribution in [0.25, 0.3) is 0 Å². The van der Waals surface area contributed by atoms with Gasteiger partial charge in [-0.3, -0.25) is 14.4 Å². The molecule has 1 unspecified atom stereocenters. The van der Waals surface area contributed by atoms with Gasteiger partial charge in [-0.1, -0.05) is 154 Å². The summed E-state index contributed by atoms with van der Waals surface area (Å²) in [5.74, 6) is -1.20. The Kier molecular flexibility index (Phi) is 39.8. The van der Waals surface area contributed by atoms with E-state index in [1.165, 1.54) is 0 Å². The first-order valence-corrected chi connectivity index (χ1v) is 21.2. The minimum atomic E-state index is -0.858.